The van der Waals surface area contributed by atoms with Gasteiger partial charge < -0.3 is 19.3 Å². The van der Waals surface area contributed by atoms with E-state index in [-0.39, 0.29) is 0 Å². The highest BCUT2D eigenvalue weighted by atomic mass is 16.6. The van der Waals surface area contributed by atoms with Gasteiger partial charge in [-0.1, -0.05) is 13.3 Å². The maximum atomic E-state index is 11.9. The number of benzene rings is 1. The summed E-state index contributed by atoms with van der Waals surface area (Å²) < 4.78 is 15.6. The Kier molecular flexibility index (Phi) is 3.95. The van der Waals surface area contributed by atoms with Crippen molar-refractivity contribution in [3.05, 3.63) is 23.3 Å². The Morgan fingerprint density at radius 2 is 2.11 bits per heavy atom. The Bertz CT molecular complexity index is 483. The van der Waals surface area contributed by atoms with Crippen molar-refractivity contribution in [2.45, 2.75) is 32.0 Å². The molecule has 0 radical (unpaired) electrons. The molecule has 0 aliphatic carbocycles. The summed E-state index contributed by atoms with van der Waals surface area (Å²) in [6.45, 7) is 1.97. The van der Waals surface area contributed by atoms with Crippen molar-refractivity contribution in [1.29, 1.82) is 0 Å². The van der Waals surface area contributed by atoms with Gasteiger partial charge in [0.05, 0.1) is 20.3 Å². The van der Waals surface area contributed by atoms with Gasteiger partial charge in [0.2, 0.25) is 0 Å². The summed E-state index contributed by atoms with van der Waals surface area (Å²) in [7, 11) is 3.02. The SMILES string of the molecule is CCCC(O)C1OC(=O)c2c(OC)cc(OC)cc21. The molecular weight excluding hydrogens is 248 g/mol. The molecule has 0 bridgehead atoms. The molecule has 0 saturated carbocycles. The third kappa shape index (κ3) is 2.38. The first kappa shape index (κ1) is 13.7. The van der Waals surface area contributed by atoms with Crippen LogP contribution >= 0.6 is 0 Å². The maximum Gasteiger partial charge on any atom is 0.343 e. The highest BCUT2D eigenvalue weighted by molar-refractivity contribution is 5.97. The van der Waals surface area contributed by atoms with Crippen molar-refractivity contribution in [3.8, 4) is 11.5 Å². The van der Waals surface area contributed by atoms with Crippen LogP contribution in [-0.4, -0.2) is 31.4 Å². The van der Waals surface area contributed by atoms with Crippen LogP contribution in [0.1, 0.15) is 41.8 Å². The van der Waals surface area contributed by atoms with Crippen molar-refractivity contribution in [3.63, 3.8) is 0 Å². The first-order valence-corrected chi connectivity index (χ1v) is 6.27. The first-order chi connectivity index (χ1) is 9.12. The van der Waals surface area contributed by atoms with Crippen LogP contribution in [0.4, 0.5) is 0 Å². The van der Waals surface area contributed by atoms with Crippen molar-refractivity contribution in [2.24, 2.45) is 0 Å². The lowest BCUT2D eigenvalue weighted by Gasteiger charge is -2.17. The highest BCUT2D eigenvalue weighted by Gasteiger charge is 2.38. The summed E-state index contributed by atoms with van der Waals surface area (Å²) in [6.07, 6.45) is 0.0150. The van der Waals surface area contributed by atoms with Gasteiger partial charge in [-0.15, -0.1) is 0 Å². The fourth-order valence-corrected chi connectivity index (χ4v) is 2.30. The molecule has 0 amide bonds. The number of rotatable bonds is 5. The molecule has 1 N–H and O–H groups in total. The predicted molar refractivity (Wildman–Crippen MR) is 68.6 cm³/mol. The van der Waals surface area contributed by atoms with Crippen LogP contribution in [0.2, 0.25) is 0 Å². The van der Waals surface area contributed by atoms with Crippen molar-refractivity contribution < 1.29 is 24.1 Å². The molecule has 104 valence electrons. The Morgan fingerprint density at radius 3 is 2.68 bits per heavy atom. The van der Waals surface area contributed by atoms with E-state index in [4.69, 9.17) is 14.2 Å². The molecule has 2 atom stereocenters. The first-order valence-electron chi connectivity index (χ1n) is 6.27. The predicted octanol–water partition coefficient (Wildman–Crippen LogP) is 2.08. The lowest BCUT2D eigenvalue weighted by molar-refractivity contribution is -0.0123. The van der Waals surface area contributed by atoms with E-state index in [0.29, 0.717) is 29.0 Å². The van der Waals surface area contributed by atoms with Crippen LogP contribution in [0, 0.1) is 0 Å². The lowest BCUT2D eigenvalue weighted by atomic mass is 9.98. The fourth-order valence-electron chi connectivity index (χ4n) is 2.30. The van der Waals surface area contributed by atoms with Gasteiger partial charge in [-0.25, -0.2) is 4.79 Å². The summed E-state index contributed by atoms with van der Waals surface area (Å²) in [5.74, 6) is 0.516. The second-order valence-corrected chi connectivity index (χ2v) is 4.48. The van der Waals surface area contributed by atoms with Gasteiger partial charge in [-0.2, -0.15) is 0 Å². The van der Waals surface area contributed by atoms with Gasteiger partial charge in [0.1, 0.15) is 17.1 Å². The number of carbonyl (C=O) groups is 1. The zero-order valence-corrected chi connectivity index (χ0v) is 11.3. The smallest absolute Gasteiger partial charge is 0.343 e. The molecule has 1 heterocycles. The number of ether oxygens (including phenoxy) is 3. The summed E-state index contributed by atoms with van der Waals surface area (Å²) in [5.41, 5.74) is 1.01. The second kappa shape index (κ2) is 5.48. The quantitative estimate of drug-likeness (QED) is 0.826. The van der Waals surface area contributed by atoms with Gasteiger partial charge in [-0.05, 0) is 12.5 Å². The van der Waals surface area contributed by atoms with Crippen LogP contribution in [0.25, 0.3) is 0 Å². The van der Waals surface area contributed by atoms with Crippen LogP contribution < -0.4 is 9.47 Å². The minimum absolute atomic E-state index is 0.378. The Balaban J connectivity index is 2.47. The number of fused-ring (bicyclic) bond motifs is 1. The second-order valence-electron chi connectivity index (χ2n) is 4.48. The number of hydrogen-bond donors (Lipinski definition) is 1. The maximum absolute atomic E-state index is 11.9. The van der Waals surface area contributed by atoms with Crippen molar-refractivity contribution >= 4 is 5.97 Å². The van der Waals surface area contributed by atoms with E-state index >= 15 is 0 Å². The summed E-state index contributed by atoms with van der Waals surface area (Å²) in [4.78, 5) is 11.9. The zero-order valence-electron chi connectivity index (χ0n) is 11.3. The molecule has 19 heavy (non-hydrogen) atoms. The number of esters is 1. The van der Waals surface area contributed by atoms with Crippen molar-refractivity contribution in [2.75, 3.05) is 14.2 Å². The molecule has 5 heteroatoms. The normalized spacial score (nSPS) is 18.7. The summed E-state index contributed by atoms with van der Waals surface area (Å²) in [6, 6.07) is 3.35. The van der Waals surface area contributed by atoms with E-state index in [1.165, 1.54) is 14.2 Å². The topological polar surface area (TPSA) is 65.0 Å². The van der Waals surface area contributed by atoms with Gasteiger partial charge in [0.15, 0.2) is 6.10 Å². The molecule has 1 aromatic rings. The third-order valence-electron chi connectivity index (χ3n) is 3.24. The highest BCUT2D eigenvalue weighted by Crippen LogP contribution is 2.41. The standard InChI is InChI=1S/C14H18O5/c1-4-5-10(15)13-9-6-8(17-2)7-11(18-3)12(9)14(16)19-13/h6-7,10,13,15H,4-5H2,1-3H3. The monoisotopic (exact) mass is 266 g/mol. The zero-order chi connectivity index (χ0) is 14.0. The van der Waals surface area contributed by atoms with E-state index in [1.54, 1.807) is 12.1 Å². The lowest BCUT2D eigenvalue weighted by Crippen LogP contribution is -2.18. The third-order valence-corrected chi connectivity index (χ3v) is 3.24. The molecular formula is C14H18O5. The molecule has 2 rings (SSSR count). The summed E-state index contributed by atoms with van der Waals surface area (Å²) in [5, 5.41) is 10.1. The van der Waals surface area contributed by atoms with Crippen LogP contribution in [-0.2, 0) is 4.74 Å². The van der Waals surface area contributed by atoms with E-state index in [1.807, 2.05) is 6.92 Å². The minimum atomic E-state index is -0.716. The molecule has 5 nitrogen and oxygen atoms in total. The van der Waals surface area contributed by atoms with Gasteiger partial charge in [0, 0.05) is 11.6 Å². The molecule has 0 fully saturated rings. The molecule has 0 aromatic heterocycles. The number of cyclic esters (lactones) is 1. The average molecular weight is 266 g/mol. The number of aliphatic hydroxyl groups is 1. The molecule has 1 aliphatic heterocycles. The Labute approximate surface area is 112 Å². The van der Waals surface area contributed by atoms with E-state index in [9.17, 15) is 9.90 Å². The van der Waals surface area contributed by atoms with E-state index in [0.717, 1.165) is 6.42 Å². The Morgan fingerprint density at radius 1 is 1.37 bits per heavy atom. The number of hydrogen-bond acceptors (Lipinski definition) is 5. The number of aliphatic hydroxyl groups excluding tert-OH is 1. The van der Waals surface area contributed by atoms with Crippen LogP contribution in [0.15, 0.2) is 12.1 Å². The van der Waals surface area contributed by atoms with Crippen LogP contribution in [0.3, 0.4) is 0 Å². The van der Waals surface area contributed by atoms with E-state index < -0.39 is 18.2 Å². The molecule has 1 aliphatic rings. The average Bonchev–Trinajstić information content (AvgIpc) is 2.75. The minimum Gasteiger partial charge on any atom is -0.497 e. The molecule has 0 saturated heterocycles. The van der Waals surface area contributed by atoms with Crippen molar-refractivity contribution in [1.82, 2.24) is 0 Å². The van der Waals surface area contributed by atoms with Gasteiger partial charge >= 0.3 is 5.97 Å². The van der Waals surface area contributed by atoms with Gasteiger partial charge in [0.25, 0.3) is 0 Å². The van der Waals surface area contributed by atoms with Gasteiger partial charge in [-0.3, -0.25) is 0 Å². The van der Waals surface area contributed by atoms with Crippen LogP contribution in [0.5, 0.6) is 11.5 Å². The fraction of sp³-hybridized carbons (Fsp3) is 0.500. The molecule has 1 aromatic carbocycles. The number of methoxy groups -OCH3 is 2. The number of carbonyl (C=O) groups excluding carboxylic acids is 1. The summed E-state index contributed by atoms with van der Waals surface area (Å²) >= 11 is 0. The van der Waals surface area contributed by atoms with E-state index in [2.05, 4.69) is 0 Å². The molecule has 0 spiro atoms. The largest absolute Gasteiger partial charge is 0.497 e. The Hall–Kier alpha value is -1.75. The molecule has 2 unspecified atom stereocenters.